The van der Waals surface area contributed by atoms with E-state index in [4.69, 9.17) is 5.73 Å². The Morgan fingerprint density at radius 1 is 1.30 bits per heavy atom. The summed E-state index contributed by atoms with van der Waals surface area (Å²) >= 11 is 0. The summed E-state index contributed by atoms with van der Waals surface area (Å²) in [5, 5.41) is 6.14. The van der Waals surface area contributed by atoms with Gasteiger partial charge in [-0.2, -0.15) is 0 Å². The summed E-state index contributed by atoms with van der Waals surface area (Å²) in [6.45, 7) is 8.72. The van der Waals surface area contributed by atoms with Crippen molar-refractivity contribution in [3.8, 4) is 11.1 Å². The fraction of sp³-hybridized carbons (Fsp3) is 0.333. The van der Waals surface area contributed by atoms with Crippen LogP contribution in [0.4, 0.5) is 17.1 Å². The molecule has 4 N–H and O–H groups in total. The van der Waals surface area contributed by atoms with Crippen LogP contribution in [-0.2, 0) is 17.6 Å². The van der Waals surface area contributed by atoms with Gasteiger partial charge < -0.3 is 21.3 Å². The molecular formula is C24H30N4O2. The van der Waals surface area contributed by atoms with Crippen LogP contribution in [-0.4, -0.2) is 25.4 Å². The van der Waals surface area contributed by atoms with Crippen molar-refractivity contribution >= 4 is 28.9 Å². The Kier molecular flexibility index (Phi) is 6.45. The van der Waals surface area contributed by atoms with Gasteiger partial charge in [0.15, 0.2) is 0 Å². The molecule has 0 saturated carbocycles. The predicted octanol–water partition coefficient (Wildman–Crippen LogP) is 4.30. The first kappa shape index (κ1) is 21.4. The molecule has 30 heavy (non-hydrogen) atoms. The van der Waals surface area contributed by atoms with Crippen LogP contribution >= 0.6 is 0 Å². The van der Waals surface area contributed by atoms with Gasteiger partial charge in [-0.15, -0.1) is 0 Å². The van der Waals surface area contributed by atoms with Crippen LogP contribution in [0.25, 0.3) is 11.1 Å². The van der Waals surface area contributed by atoms with Crippen LogP contribution in [0.3, 0.4) is 0 Å². The quantitative estimate of drug-likeness (QED) is 0.610. The third-order valence-electron chi connectivity index (χ3n) is 5.55. The number of carbonyl (C=O) groups excluding carboxylic acids is 2. The molecule has 0 unspecified atom stereocenters. The Bertz CT molecular complexity index is 997. The molecule has 6 nitrogen and oxygen atoms in total. The molecule has 1 aliphatic rings. The summed E-state index contributed by atoms with van der Waals surface area (Å²) in [5.41, 5.74) is 12.7. The highest BCUT2D eigenvalue weighted by molar-refractivity contribution is 6.07. The van der Waals surface area contributed by atoms with E-state index in [1.165, 1.54) is 0 Å². The molecule has 3 rings (SSSR count). The lowest BCUT2D eigenvalue weighted by molar-refractivity contribution is -0.116. The van der Waals surface area contributed by atoms with Crippen LogP contribution in [0, 0.1) is 0 Å². The zero-order valence-electron chi connectivity index (χ0n) is 18.0. The molecule has 1 aliphatic heterocycles. The highest BCUT2D eigenvalue weighted by atomic mass is 16.2. The largest absolute Gasteiger partial charge is 0.374 e. The van der Waals surface area contributed by atoms with E-state index in [1.807, 2.05) is 26.1 Å². The van der Waals surface area contributed by atoms with E-state index in [0.717, 1.165) is 53.0 Å². The molecule has 0 spiro atoms. The molecule has 1 heterocycles. The number of fused-ring (bicyclic) bond motifs is 1. The molecule has 2 aromatic rings. The van der Waals surface area contributed by atoms with Crippen LogP contribution < -0.4 is 21.3 Å². The zero-order chi connectivity index (χ0) is 21.8. The molecule has 0 bridgehead atoms. The minimum absolute atomic E-state index is 0.0387. The van der Waals surface area contributed by atoms with Crippen molar-refractivity contribution in [1.29, 1.82) is 0 Å². The van der Waals surface area contributed by atoms with Crippen LogP contribution in [0.5, 0.6) is 0 Å². The van der Waals surface area contributed by atoms with Crippen molar-refractivity contribution in [3.63, 3.8) is 0 Å². The summed E-state index contributed by atoms with van der Waals surface area (Å²) < 4.78 is 0. The standard InChI is InChI=1S/C24H30N4O2/c1-5-12-28(4)20-14-18(17(6-2)23(26-7-3)22(20)24(25)30)16-9-8-15-10-11-21(29)27-19(15)13-16/h7-9,13-14,26H,3,5-6,10-12H2,1-2,4H3,(H2,25,30)(H,27,29). The van der Waals surface area contributed by atoms with Gasteiger partial charge in [0, 0.05) is 25.7 Å². The topological polar surface area (TPSA) is 87.5 Å². The van der Waals surface area contributed by atoms with Gasteiger partial charge in [-0.3, -0.25) is 9.59 Å². The van der Waals surface area contributed by atoms with Crippen molar-refractivity contribution in [2.45, 2.75) is 39.5 Å². The van der Waals surface area contributed by atoms with Gasteiger partial charge in [-0.1, -0.05) is 32.6 Å². The van der Waals surface area contributed by atoms with Crippen molar-refractivity contribution in [2.75, 3.05) is 29.1 Å². The fourth-order valence-electron chi connectivity index (χ4n) is 4.14. The summed E-state index contributed by atoms with van der Waals surface area (Å²) in [7, 11) is 1.96. The van der Waals surface area contributed by atoms with Crippen molar-refractivity contribution in [1.82, 2.24) is 0 Å². The average molecular weight is 407 g/mol. The highest BCUT2D eigenvalue weighted by Crippen LogP contribution is 2.40. The van der Waals surface area contributed by atoms with Gasteiger partial charge in [0.2, 0.25) is 5.91 Å². The summed E-state index contributed by atoms with van der Waals surface area (Å²) in [6, 6.07) is 8.21. The summed E-state index contributed by atoms with van der Waals surface area (Å²) in [4.78, 5) is 26.4. The van der Waals surface area contributed by atoms with E-state index in [1.54, 1.807) is 6.20 Å². The second kappa shape index (κ2) is 9.03. The number of benzene rings is 2. The van der Waals surface area contributed by atoms with Crippen LogP contribution in [0.15, 0.2) is 37.0 Å². The third kappa shape index (κ3) is 4.03. The van der Waals surface area contributed by atoms with Gasteiger partial charge in [0.1, 0.15) is 0 Å². The number of amides is 2. The number of hydrogen-bond donors (Lipinski definition) is 3. The minimum atomic E-state index is -0.476. The number of rotatable bonds is 8. The Hall–Kier alpha value is -3.28. The fourth-order valence-corrected chi connectivity index (χ4v) is 4.14. The normalized spacial score (nSPS) is 12.7. The van der Waals surface area contributed by atoms with E-state index in [9.17, 15) is 9.59 Å². The Labute approximate surface area is 178 Å². The van der Waals surface area contributed by atoms with Gasteiger partial charge >= 0.3 is 0 Å². The number of aryl methyl sites for hydroxylation is 1. The number of anilines is 3. The molecule has 158 valence electrons. The maximum Gasteiger partial charge on any atom is 0.252 e. The smallest absolute Gasteiger partial charge is 0.252 e. The van der Waals surface area contributed by atoms with Crippen molar-refractivity contribution < 1.29 is 9.59 Å². The first-order chi connectivity index (χ1) is 14.4. The first-order valence-corrected chi connectivity index (χ1v) is 10.4. The summed E-state index contributed by atoms with van der Waals surface area (Å²) in [5.74, 6) is -0.437. The monoisotopic (exact) mass is 406 g/mol. The molecule has 0 fully saturated rings. The number of nitrogens with one attached hydrogen (secondary N) is 2. The minimum Gasteiger partial charge on any atom is -0.374 e. The Morgan fingerprint density at radius 3 is 2.70 bits per heavy atom. The predicted molar refractivity (Wildman–Crippen MR) is 124 cm³/mol. The zero-order valence-corrected chi connectivity index (χ0v) is 18.0. The van der Waals surface area contributed by atoms with E-state index < -0.39 is 5.91 Å². The molecule has 6 heteroatoms. The third-order valence-corrected chi connectivity index (χ3v) is 5.55. The maximum absolute atomic E-state index is 12.4. The van der Waals surface area contributed by atoms with E-state index >= 15 is 0 Å². The lowest BCUT2D eigenvalue weighted by atomic mass is 9.90. The van der Waals surface area contributed by atoms with Gasteiger partial charge in [0.05, 0.1) is 16.9 Å². The molecule has 0 aromatic heterocycles. The van der Waals surface area contributed by atoms with Gasteiger partial charge in [0.25, 0.3) is 5.91 Å². The lowest BCUT2D eigenvalue weighted by Gasteiger charge is -2.27. The number of hydrogen-bond acceptors (Lipinski definition) is 4. The second-order valence-electron chi connectivity index (χ2n) is 7.58. The Balaban J connectivity index is 2.28. The van der Waals surface area contributed by atoms with E-state index in [-0.39, 0.29) is 5.91 Å². The molecular weight excluding hydrogens is 376 g/mol. The molecule has 0 atom stereocenters. The SMILES string of the molecule is C=CNc1c(CC)c(-c2ccc3c(c2)NC(=O)CC3)cc(N(C)CCC)c1C(N)=O. The number of primary amides is 1. The lowest BCUT2D eigenvalue weighted by Crippen LogP contribution is -2.25. The highest BCUT2D eigenvalue weighted by Gasteiger charge is 2.24. The molecule has 2 aromatic carbocycles. The molecule has 0 aliphatic carbocycles. The van der Waals surface area contributed by atoms with Gasteiger partial charge in [-0.25, -0.2) is 0 Å². The molecule has 0 radical (unpaired) electrons. The van der Waals surface area contributed by atoms with Crippen LogP contribution in [0.1, 0.15) is 48.2 Å². The van der Waals surface area contributed by atoms with Crippen LogP contribution in [0.2, 0.25) is 0 Å². The van der Waals surface area contributed by atoms with E-state index in [0.29, 0.717) is 24.1 Å². The van der Waals surface area contributed by atoms with Crippen molar-refractivity contribution in [2.24, 2.45) is 5.73 Å². The first-order valence-electron chi connectivity index (χ1n) is 10.4. The maximum atomic E-state index is 12.4. The number of carbonyl (C=O) groups is 2. The Morgan fingerprint density at radius 2 is 2.07 bits per heavy atom. The van der Waals surface area contributed by atoms with Crippen molar-refractivity contribution in [3.05, 3.63) is 53.7 Å². The summed E-state index contributed by atoms with van der Waals surface area (Å²) in [6.07, 6.45) is 4.47. The molecule has 2 amide bonds. The number of nitrogens with two attached hydrogens (primary N) is 1. The van der Waals surface area contributed by atoms with Gasteiger partial charge in [-0.05, 0) is 59.8 Å². The molecule has 0 saturated heterocycles. The number of nitrogens with zero attached hydrogens (tertiary/aromatic N) is 1. The average Bonchev–Trinajstić information content (AvgIpc) is 2.72. The van der Waals surface area contributed by atoms with E-state index in [2.05, 4.69) is 41.2 Å². The second-order valence-corrected chi connectivity index (χ2v) is 7.58.